The van der Waals surface area contributed by atoms with Gasteiger partial charge in [0.15, 0.2) is 11.5 Å². The second-order valence-corrected chi connectivity index (χ2v) is 11.6. The maximum absolute atomic E-state index is 14.0. The molecule has 1 amide bonds. The summed E-state index contributed by atoms with van der Waals surface area (Å²) in [5, 5.41) is 5.15. The normalized spacial score (nSPS) is 11.5. The molecular formula is C32H36FN3O3S. The topological polar surface area (TPSA) is 63.7 Å². The van der Waals surface area contributed by atoms with Gasteiger partial charge in [0, 0.05) is 18.5 Å². The number of nitrogens with zero attached hydrogens (tertiary/aromatic N) is 2. The van der Waals surface area contributed by atoms with Crippen LogP contribution in [0, 0.1) is 5.82 Å². The molecule has 0 saturated carbocycles. The molecule has 1 heterocycles. The van der Waals surface area contributed by atoms with E-state index in [1.54, 1.807) is 31.7 Å². The Kier molecular flexibility index (Phi) is 9.55. The third-order valence-corrected chi connectivity index (χ3v) is 7.49. The smallest absolute Gasteiger partial charge is 0.275 e. The van der Waals surface area contributed by atoms with E-state index < -0.39 is 11.7 Å². The zero-order chi connectivity index (χ0) is 28.7. The number of aromatic nitrogens is 1. The molecule has 0 aliphatic rings. The molecule has 0 unspecified atom stereocenters. The zero-order valence-electron chi connectivity index (χ0n) is 23.7. The number of methoxy groups -OCH3 is 2. The number of carbonyl (C=O) groups is 1. The molecule has 0 aliphatic heterocycles. The molecule has 0 aliphatic carbocycles. The number of ether oxygens (including phenoxy) is 2. The highest BCUT2D eigenvalue weighted by atomic mass is 32.1. The van der Waals surface area contributed by atoms with Crippen LogP contribution in [0.15, 0.2) is 72.1 Å². The summed E-state index contributed by atoms with van der Waals surface area (Å²) >= 11 is 1.43. The van der Waals surface area contributed by atoms with Gasteiger partial charge in [0.25, 0.3) is 5.91 Å². The van der Waals surface area contributed by atoms with Gasteiger partial charge in [-0.05, 0) is 52.8 Å². The summed E-state index contributed by atoms with van der Waals surface area (Å²) in [4.78, 5) is 19.6. The number of benzene rings is 3. The Morgan fingerprint density at radius 3 is 2.33 bits per heavy atom. The van der Waals surface area contributed by atoms with Crippen LogP contribution in [-0.2, 0) is 24.9 Å². The fourth-order valence-electron chi connectivity index (χ4n) is 4.33. The number of thiazole rings is 1. The standard InChI is InChI=1S/C32H36FN3O3S/c1-32(2,3)24-13-10-23(11-14-24)19-36(17-16-22-12-15-28(38-4)29(18-22)39-5)20-30-34-27(21-40-30)31(37)35-26-9-7-6-8-25(26)33/h6-15,18,21H,16-17,19-20H2,1-5H3,(H,35,37). The molecule has 40 heavy (non-hydrogen) atoms. The van der Waals surface area contributed by atoms with Crippen LogP contribution < -0.4 is 14.8 Å². The van der Waals surface area contributed by atoms with Crippen molar-refractivity contribution >= 4 is 22.9 Å². The molecule has 1 aromatic heterocycles. The van der Waals surface area contributed by atoms with Crippen LogP contribution in [0.4, 0.5) is 10.1 Å². The van der Waals surface area contributed by atoms with Crippen LogP contribution in [0.25, 0.3) is 0 Å². The Labute approximate surface area is 239 Å². The molecule has 0 radical (unpaired) electrons. The Morgan fingerprint density at radius 1 is 0.950 bits per heavy atom. The van der Waals surface area contributed by atoms with E-state index in [0.717, 1.165) is 30.1 Å². The third kappa shape index (κ3) is 7.67. The van der Waals surface area contributed by atoms with E-state index in [1.165, 1.54) is 34.6 Å². The first-order valence-electron chi connectivity index (χ1n) is 13.2. The Morgan fingerprint density at radius 2 is 1.65 bits per heavy atom. The first-order chi connectivity index (χ1) is 19.2. The molecule has 0 fully saturated rings. The maximum Gasteiger partial charge on any atom is 0.275 e. The highest BCUT2D eigenvalue weighted by molar-refractivity contribution is 7.09. The summed E-state index contributed by atoms with van der Waals surface area (Å²) in [5.41, 5.74) is 4.13. The van der Waals surface area contributed by atoms with Gasteiger partial charge in [-0.15, -0.1) is 11.3 Å². The fourth-order valence-corrected chi connectivity index (χ4v) is 5.15. The minimum absolute atomic E-state index is 0.0895. The van der Waals surface area contributed by atoms with Crippen molar-refractivity contribution in [3.8, 4) is 11.5 Å². The minimum Gasteiger partial charge on any atom is -0.493 e. The Bertz CT molecular complexity index is 1430. The van der Waals surface area contributed by atoms with Gasteiger partial charge in [0.05, 0.1) is 26.5 Å². The molecule has 4 aromatic rings. The maximum atomic E-state index is 14.0. The lowest BCUT2D eigenvalue weighted by molar-refractivity contribution is 0.102. The molecule has 4 rings (SSSR count). The fraction of sp³-hybridized carbons (Fsp3) is 0.312. The molecule has 0 atom stereocenters. The van der Waals surface area contributed by atoms with Gasteiger partial charge in [-0.2, -0.15) is 0 Å². The quantitative estimate of drug-likeness (QED) is 0.212. The summed E-state index contributed by atoms with van der Waals surface area (Å²) in [6.45, 7) is 8.70. The van der Waals surface area contributed by atoms with Crippen molar-refractivity contribution in [3.63, 3.8) is 0 Å². The van der Waals surface area contributed by atoms with Gasteiger partial charge in [-0.25, -0.2) is 9.37 Å². The number of carbonyl (C=O) groups excluding carboxylic acids is 1. The number of nitrogens with one attached hydrogen (secondary N) is 1. The average Bonchev–Trinajstić information content (AvgIpc) is 3.41. The highest BCUT2D eigenvalue weighted by Crippen LogP contribution is 2.28. The summed E-state index contributed by atoms with van der Waals surface area (Å²) in [7, 11) is 3.26. The molecule has 210 valence electrons. The molecular weight excluding hydrogens is 525 g/mol. The molecule has 0 bridgehead atoms. The minimum atomic E-state index is -0.481. The van der Waals surface area contributed by atoms with E-state index >= 15 is 0 Å². The number of hydrogen-bond acceptors (Lipinski definition) is 6. The van der Waals surface area contributed by atoms with E-state index in [1.807, 2.05) is 18.2 Å². The van der Waals surface area contributed by atoms with E-state index in [4.69, 9.17) is 9.47 Å². The molecule has 1 N–H and O–H groups in total. The van der Waals surface area contributed by atoms with Crippen molar-refractivity contribution in [2.24, 2.45) is 0 Å². The lowest BCUT2D eigenvalue weighted by Gasteiger charge is -2.23. The SMILES string of the molecule is COc1ccc(CCN(Cc2ccc(C(C)(C)C)cc2)Cc2nc(C(=O)Nc3ccccc3F)cs2)cc1OC. The van der Waals surface area contributed by atoms with Crippen molar-refractivity contribution in [1.82, 2.24) is 9.88 Å². The lowest BCUT2D eigenvalue weighted by atomic mass is 9.87. The number of para-hydroxylation sites is 1. The molecule has 0 saturated heterocycles. The van der Waals surface area contributed by atoms with Crippen molar-refractivity contribution in [1.29, 1.82) is 0 Å². The van der Waals surface area contributed by atoms with Crippen molar-refractivity contribution < 1.29 is 18.7 Å². The van der Waals surface area contributed by atoms with E-state index in [9.17, 15) is 9.18 Å². The summed E-state index contributed by atoms with van der Waals surface area (Å²) in [6.07, 6.45) is 0.798. The van der Waals surface area contributed by atoms with Crippen molar-refractivity contribution in [2.45, 2.75) is 45.7 Å². The third-order valence-electron chi connectivity index (χ3n) is 6.66. The summed E-state index contributed by atoms with van der Waals surface area (Å²) < 4.78 is 24.9. The second-order valence-electron chi connectivity index (χ2n) is 10.7. The zero-order valence-corrected chi connectivity index (χ0v) is 24.5. The summed E-state index contributed by atoms with van der Waals surface area (Å²) in [5.74, 6) is 0.494. The molecule has 8 heteroatoms. The number of rotatable bonds is 11. The van der Waals surface area contributed by atoms with E-state index in [2.05, 4.69) is 60.2 Å². The highest BCUT2D eigenvalue weighted by Gasteiger charge is 2.17. The number of hydrogen-bond donors (Lipinski definition) is 1. The first-order valence-corrected chi connectivity index (χ1v) is 14.1. The Hall–Kier alpha value is -3.75. The van der Waals surface area contributed by atoms with Gasteiger partial charge in [-0.1, -0.05) is 63.2 Å². The first kappa shape index (κ1) is 29.2. The number of anilines is 1. The van der Waals surface area contributed by atoms with E-state index in [0.29, 0.717) is 18.0 Å². The van der Waals surface area contributed by atoms with Crippen molar-refractivity contribution in [3.05, 3.63) is 105 Å². The average molecular weight is 562 g/mol. The number of amides is 1. The summed E-state index contributed by atoms with van der Waals surface area (Å²) in [6, 6.07) is 20.8. The lowest BCUT2D eigenvalue weighted by Crippen LogP contribution is -2.25. The molecule has 0 spiro atoms. The largest absolute Gasteiger partial charge is 0.493 e. The van der Waals surface area contributed by atoms with Crippen LogP contribution >= 0.6 is 11.3 Å². The molecule has 3 aromatic carbocycles. The molecule has 6 nitrogen and oxygen atoms in total. The van der Waals surface area contributed by atoms with Gasteiger partial charge >= 0.3 is 0 Å². The number of halogens is 1. The predicted octanol–water partition coefficient (Wildman–Crippen LogP) is 7.09. The van der Waals surface area contributed by atoms with Crippen LogP contribution in [0.1, 0.15) is 53.0 Å². The van der Waals surface area contributed by atoms with Crippen molar-refractivity contribution in [2.75, 3.05) is 26.1 Å². The van der Waals surface area contributed by atoms with Gasteiger partial charge < -0.3 is 14.8 Å². The monoisotopic (exact) mass is 561 g/mol. The van der Waals surface area contributed by atoms with Gasteiger partial charge in [-0.3, -0.25) is 9.69 Å². The van der Waals surface area contributed by atoms with Gasteiger partial charge in [0.1, 0.15) is 16.5 Å². The van der Waals surface area contributed by atoms with Crippen LogP contribution in [0.2, 0.25) is 0 Å². The van der Waals surface area contributed by atoms with Gasteiger partial charge in [0.2, 0.25) is 0 Å². The second kappa shape index (κ2) is 13.1. The van der Waals surface area contributed by atoms with Crippen LogP contribution in [-0.4, -0.2) is 36.6 Å². The van der Waals surface area contributed by atoms with E-state index in [-0.39, 0.29) is 16.8 Å². The van der Waals surface area contributed by atoms with Crippen LogP contribution in [0.5, 0.6) is 11.5 Å². The van der Waals surface area contributed by atoms with Crippen LogP contribution in [0.3, 0.4) is 0 Å². The predicted molar refractivity (Wildman–Crippen MR) is 159 cm³/mol. The Balaban J connectivity index is 1.49.